The van der Waals surface area contributed by atoms with Gasteiger partial charge in [-0.25, -0.2) is 4.39 Å². The van der Waals surface area contributed by atoms with Crippen molar-refractivity contribution in [3.63, 3.8) is 0 Å². The maximum atomic E-state index is 13.5. The molecule has 1 aromatic rings. The Kier molecular flexibility index (Phi) is 6.43. The molecule has 20 heavy (non-hydrogen) atoms. The van der Waals surface area contributed by atoms with E-state index in [0.717, 1.165) is 24.3 Å². The first-order valence-electron chi connectivity index (χ1n) is 7.30. The van der Waals surface area contributed by atoms with Gasteiger partial charge in [0.25, 0.3) is 0 Å². The van der Waals surface area contributed by atoms with Crippen LogP contribution >= 0.6 is 0 Å². The van der Waals surface area contributed by atoms with Crippen molar-refractivity contribution in [3.05, 3.63) is 29.6 Å². The zero-order valence-corrected chi connectivity index (χ0v) is 13.4. The van der Waals surface area contributed by atoms with Gasteiger partial charge in [0.1, 0.15) is 5.82 Å². The van der Waals surface area contributed by atoms with Crippen LogP contribution in [-0.4, -0.2) is 44.2 Å². The van der Waals surface area contributed by atoms with Crippen LogP contribution in [0.5, 0.6) is 0 Å². The number of hydrogen-bond donors (Lipinski definition) is 1. The van der Waals surface area contributed by atoms with Gasteiger partial charge in [-0.2, -0.15) is 0 Å². The molecule has 114 valence electrons. The van der Waals surface area contributed by atoms with Gasteiger partial charge in [0.15, 0.2) is 0 Å². The molecule has 0 heterocycles. The van der Waals surface area contributed by atoms with Crippen LogP contribution in [0.2, 0.25) is 0 Å². The molecule has 0 amide bonds. The molecular weight excluding hydrogens is 253 g/mol. The topological polar surface area (TPSA) is 32.5 Å². The molecule has 0 spiro atoms. The summed E-state index contributed by atoms with van der Waals surface area (Å²) in [4.78, 5) is 4.49. The zero-order chi connectivity index (χ0) is 15.3. The highest BCUT2D eigenvalue weighted by molar-refractivity contribution is 5.55. The van der Waals surface area contributed by atoms with Gasteiger partial charge in [-0.05, 0) is 65.0 Å². The Hall–Kier alpha value is -1.13. The number of nitrogens with two attached hydrogens (primary N) is 1. The first-order valence-corrected chi connectivity index (χ1v) is 7.30. The number of benzene rings is 1. The molecule has 0 saturated carbocycles. The van der Waals surface area contributed by atoms with Gasteiger partial charge in [-0.1, -0.05) is 0 Å². The lowest BCUT2D eigenvalue weighted by Gasteiger charge is -2.34. The summed E-state index contributed by atoms with van der Waals surface area (Å²) >= 11 is 0. The first kappa shape index (κ1) is 16.9. The quantitative estimate of drug-likeness (QED) is 0.833. The molecule has 0 radical (unpaired) electrons. The molecule has 0 aliphatic carbocycles. The summed E-state index contributed by atoms with van der Waals surface area (Å²) in [6.45, 7) is 8.14. The second kappa shape index (κ2) is 7.60. The SMILES string of the molecule is CCN(c1ccc(F)cc1CC(C)N)C(C)CN(C)C. The molecule has 3 nitrogen and oxygen atoms in total. The van der Waals surface area contributed by atoms with Gasteiger partial charge in [0.2, 0.25) is 0 Å². The van der Waals surface area contributed by atoms with E-state index >= 15 is 0 Å². The third-order valence-corrected chi connectivity index (χ3v) is 3.39. The van der Waals surface area contributed by atoms with Gasteiger partial charge >= 0.3 is 0 Å². The minimum atomic E-state index is -0.194. The fourth-order valence-corrected chi connectivity index (χ4v) is 2.69. The average molecular weight is 281 g/mol. The standard InChI is InChI=1S/C16H28FN3/c1-6-20(13(3)11-19(4)5)16-8-7-15(17)10-14(16)9-12(2)18/h7-8,10,12-13H,6,9,11,18H2,1-5H3. The first-order chi connectivity index (χ1) is 9.35. The van der Waals surface area contributed by atoms with Gasteiger partial charge in [-0.15, -0.1) is 0 Å². The Balaban J connectivity index is 3.07. The second-order valence-electron chi connectivity index (χ2n) is 5.85. The van der Waals surface area contributed by atoms with Crippen molar-refractivity contribution < 1.29 is 4.39 Å². The van der Waals surface area contributed by atoms with E-state index in [9.17, 15) is 4.39 Å². The number of nitrogens with zero attached hydrogens (tertiary/aromatic N) is 2. The fourth-order valence-electron chi connectivity index (χ4n) is 2.69. The molecule has 0 bridgehead atoms. The molecule has 0 aliphatic rings. The van der Waals surface area contributed by atoms with E-state index in [4.69, 9.17) is 5.73 Å². The van der Waals surface area contributed by atoms with E-state index in [2.05, 4.69) is 37.7 Å². The monoisotopic (exact) mass is 281 g/mol. The van der Waals surface area contributed by atoms with Crippen molar-refractivity contribution in [2.45, 2.75) is 39.3 Å². The number of hydrogen-bond acceptors (Lipinski definition) is 3. The molecule has 2 unspecified atom stereocenters. The molecule has 0 aromatic heterocycles. The lowest BCUT2D eigenvalue weighted by Crippen LogP contribution is -2.40. The van der Waals surface area contributed by atoms with Gasteiger partial charge in [0.05, 0.1) is 0 Å². The van der Waals surface area contributed by atoms with Crippen molar-refractivity contribution in [1.29, 1.82) is 0 Å². The number of anilines is 1. The van der Waals surface area contributed by atoms with E-state index in [-0.39, 0.29) is 11.9 Å². The summed E-state index contributed by atoms with van der Waals surface area (Å²) < 4.78 is 13.5. The van der Waals surface area contributed by atoms with E-state index in [1.54, 1.807) is 6.07 Å². The second-order valence-corrected chi connectivity index (χ2v) is 5.85. The van der Waals surface area contributed by atoms with Crippen LogP contribution in [-0.2, 0) is 6.42 Å². The van der Waals surface area contributed by atoms with Crippen LogP contribution in [0.1, 0.15) is 26.3 Å². The van der Waals surface area contributed by atoms with Crippen LogP contribution in [0.15, 0.2) is 18.2 Å². The van der Waals surface area contributed by atoms with E-state index in [1.165, 1.54) is 6.07 Å². The molecule has 0 fully saturated rings. The Morgan fingerprint density at radius 1 is 1.25 bits per heavy atom. The zero-order valence-electron chi connectivity index (χ0n) is 13.4. The van der Waals surface area contributed by atoms with Crippen molar-refractivity contribution in [2.24, 2.45) is 5.73 Å². The Morgan fingerprint density at radius 2 is 1.90 bits per heavy atom. The lowest BCUT2D eigenvalue weighted by atomic mass is 10.0. The van der Waals surface area contributed by atoms with Crippen molar-refractivity contribution in [2.75, 3.05) is 32.1 Å². The minimum absolute atomic E-state index is 0.0263. The summed E-state index contributed by atoms with van der Waals surface area (Å²) in [7, 11) is 4.13. The van der Waals surface area contributed by atoms with Crippen LogP contribution < -0.4 is 10.6 Å². The molecule has 4 heteroatoms. The Morgan fingerprint density at radius 3 is 2.40 bits per heavy atom. The van der Waals surface area contributed by atoms with Crippen LogP contribution in [0.25, 0.3) is 0 Å². The lowest BCUT2D eigenvalue weighted by molar-refractivity contribution is 0.372. The smallest absolute Gasteiger partial charge is 0.123 e. The molecule has 2 N–H and O–H groups in total. The van der Waals surface area contributed by atoms with Crippen molar-refractivity contribution >= 4 is 5.69 Å². The predicted molar refractivity (Wildman–Crippen MR) is 84.8 cm³/mol. The highest BCUT2D eigenvalue weighted by atomic mass is 19.1. The summed E-state index contributed by atoms with van der Waals surface area (Å²) in [5.41, 5.74) is 7.98. The van der Waals surface area contributed by atoms with Crippen LogP contribution in [0.3, 0.4) is 0 Å². The van der Waals surface area contributed by atoms with E-state index in [1.807, 2.05) is 13.0 Å². The minimum Gasteiger partial charge on any atom is -0.368 e. The fraction of sp³-hybridized carbons (Fsp3) is 0.625. The largest absolute Gasteiger partial charge is 0.368 e. The highest BCUT2D eigenvalue weighted by Crippen LogP contribution is 2.25. The normalized spacial score (nSPS) is 14.4. The van der Waals surface area contributed by atoms with Gasteiger partial charge in [-0.3, -0.25) is 0 Å². The molecule has 0 aliphatic heterocycles. The summed E-state index contributed by atoms with van der Waals surface area (Å²) in [6.07, 6.45) is 0.693. The van der Waals surface area contributed by atoms with Crippen molar-refractivity contribution in [3.8, 4) is 0 Å². The number of likely N-dealkylation sites (N-methyl/N-ethyl adjacent to an activating group) is 2. The maximum Gasteiger partial charge on any atom is 0.123 e. The number of halogens is 1. The third-order valence-electron chi connectivity index (χ3n) is 3.39. The average Bonchev–Trinajstić information content (AvgIpc) is 2.31. The van der Waals surface area contributed by atoms with E-state index in [0.29, 0.717) is 12.5 Å². The van der Waals surface area contributed by atoms with Gasteiger partial charge in [0, 0.05) is 30.9 Å². The Labute approximate surface area is 122 Å². The van der Waals surface area contributed by atoms with Crippen LogP contribution in [0, 0.1) is 5.82 Å². The van der Waals surface area contributed by atoms with E-state index < -0.39 is 0 Å². The number of rotatable bonds is 7. The molecular formula is C16H28FN3. The molecule has 2 atom stereocenters. The van der Waals surface area contributed by atoms with Crippen LogP contribution in [0.4, 0.5) is 10.1 Å². The molecule has 1 rings (SSSR count). The maximum absolute atomic E-state index is 13.5. The summed E-state index contributed by atoms with van der Waals surface area (Å²) in [6, 6.07) is 5.42. The Bertz CT molecular complexity index is 418. The third kappa shape index (κ3) is 4.76. The van der Waals surface area contributed by atoms with Crippen molar-refractivity contribution in [1.82, 2.24) is 4.90 Å². The van der Waals surface area contributed by atoms with Gasteiger partial charge < -0.3 is 15.5 Å². The summed E-state index contributed by atoms with van der Waals surface area (Å²) in [5.74, 6) is -0.194. The predicted octanol–water partition coefficient (Wildman–Crippen LogP) is 2.49. The highest BCUT2D eigenvalue weighted by Gasteiger charge is 2.17. The molecule has 0 saturated heterocycles. The molecule has 1 aromatic carbocycles. The summed E-state index contributed by atoms with van der Waals surface area (Å²) in [5, 5.41) is 0.